The molecule has 6 heteroatoms. The Labute approximate surface area is 173 Å². The van der Waals surface area contributed by atoms with Crippen molar-refractivity contribution in [1.82, 2.24) is 10.2 Å². The van der Waals surface area contributed by atoms with E-state index in [-0.39, 0.29) is 23.4 Å². The Morgan fingerprint density at radius 1 is 1.03 bits per heavy atom. The first-order valence-corrected chi connectivity index (χ1v) is 11.1. The number of amides is 1. The molecule has 6 nitrogen and oxygen atoms in total. The molecule has 0 unspecified atom stereocenters. The van der Waals surface area contributed by atoms with Crippen molar-refractivity contribution in [1.29, 1.82) is 0 Å². The van der Waals surface area contributed by atoms with Gasteiger partial charge in [-0.25, -0.2) is 0 Å². The largest absolute Gasteiger partial charge is 0.508 e. The highest BCUT2D eigenvalue weighted by Crippen LogP contribution is 2.23. The van der Waals surface area contributed by atoms with Crippen molar-refractivity contribution in [3.05, 3.63) is 29.8 Å². The lowest BCUT2D eigenvalue weighted by atomic mass is 9.89. The highest BCUT2D eigenvalue weighted by molar-refractivity contribution is 5.98. The second-order valence-corrected chi connectivity index (χ2v) is 8.30. The molecule has 0 bridgehead atoms. The van der Waals surface area contributed by atoms with Crippen molar-refractivity contribution >= 4 is 11.7 Å². The maximum Gasteiger partial charge on any atom is 0.234 e. The van der Waals surface area contributed by atoms with Crippen molar-refractivity contribution in [2.45, 2.75) is 57.5 Å². The maximum absolute atomic E-state index is 12.6. The zero-order chi connectivity index (χ0) is 20.5. The van der Waals surface area contributed by atoms with Crippen LogP contribution in [0.5, 0.6) is 5.75 Å². The van der Waals surface area contributed by atoms with E-state index in [1.54, 1.807) is 24.3 Å². The van der Waals surface area contributed by atoms with Gasteiger partial charge in [0, 0.05) is 24.6 Å². The van der Waals surface area contributed by atoms with Crippen LogP contribution in [-0.4, -0.2) is 60.6 Å². The number of aromatic hydroxyl groups is 1. The van der Waals surface area contributed by atoms with Gasteiger partial charge in [-0.15, -0.1) is 0 Å². The standard InChI is InChI=1S/C23H34N2O4/c26-20-9-7-18(8-10-20)23(28)19-11-14-25(15-12-19)17-22(27)24-13-4-16-29-21-5-2-1-3-6-21/h7-10,19,21,26H,1-6,11-17H2,(H,24,27). The lowest BCUT2D eigenvalue weighted by molar-refractivity contribution is -0.122. The minimum atomic E-state index is -0.00390. The van der Waals surface area contributed by atoms with Crippen LogP contribution in [0.25, 0.3) is 0 Å². The monoisotopic (exact) mass is 402 g/mol. The number of nitrogens with one attached hydrogen (secondary N) is 1. The normalized spacial score (nSPS) is 19.2. The highest BCUT2D eigenvalue weighted by atomic mass is 16.5. The Kier molecular flexibility index (Phi) is 8.50. The third-order valence-corrected chi connectivity index (χ3v) is 6.03. The van der Waals surface area contributed by atoms with Gasteiger partial charge in [-0.05, 0) is 69.5 Å². The van der Waals surface area contributed by atoms with Gasteiger partial charge in [0.1, 0.15) is 5.75 Å². The number of hydrogen-bond donors (Lipinski definition) is 2. The predicted molar refractivity (Wildman–Crippen MR) is 112 cm³/mol. The number of piperidine rings is 1. The molecule has 1 aromatic carbocycles. The number of ether oxygens (including phenoxy) is 1. The van der Waals surface area contributed by atoms with Gasteiger partial charge < -0.3 is 15.2 Å². The zero-order valence-electron chi connectivity index (χ0n) is 17.3. The van der Waals surface area contributed by atoms with E-state index in [0.717, 1.165) is 39.0 Å². The molecule has 0 aromatic heterocycles. The van der Waals surface area contributed by atoms with Gasteiger partial charge >= 0.3 is 0 Å². The van der Waals surface area contributed by atoms with Crippen LogP contribution in [0.2, 0.25) is 0 Å². The lowest BCUT2D eigenvalue weighted by Gasteiger charge is -2.30. The molecule has 0 spiro atoms. The smallest absolute Gasteiger partial charge is 0.234 e. The Balaban J connectivity index is 1.27. The number of rotatable bonds is 9. The summed E-state index contributed by atoms with van der Waals surface area (Å²) < 4.78 is 5.88. The first kappa shape index (κ1) is 21.8. The summed E-state index contributed by atoms with van der Waals surface area (Å²) >= 11 is 0. The number of benzene rings is 1. The summed E-state index contributed by atoms with van der Waals surface area (Å²) in [6, 6.07) is 6.45. The van der Waals surface area contributed by atoms with Crippen molar-refractivity contribution in [2.24, 2.45) is 5.92 Å². The fourth-order valence-corrected chi connectivity index (χ4v) is 4.26. The molecule has 1 saturated carbocycles. The molecule has 2 aliphatic rings. The van der Waals surface area contributed by atoms with Gasteiger partial charge in [0.25, 0.3) is 0 Å². The van der Waals surface area contributed by atoms with Crippen LogP contribution in [0.4, 0.5) is 0 Å². The van der Waals surface area contributed by atoms with Gasteiger partial charge in [-0.3, -0.25) is 14.5 Å². The third kappa shape index (κ3) is 7.12. The fraction of sp³-hybridized carbons (Fsp3) is 0.652. The second-order valence-electron chi connectivity index (χ2n) is 8.30. The Morgan fingerprint density at radius 3 is 2.41 bits per heavy atom. The average Bonchev–Trinajstić information content (AvgIpc) is 2.75. The third-order valence-electron chi connectivity index (χ3n) is 6.03. The molecular weight excluding hydrogens is 368 g/mol. The van der Waals surface area contributed by atoms with Crippen LogP contribution in [0.1, 0.15) is 61.7 Å². The van der Waals surface area contributed by atoms with Gasteiger partial charge in [-0.1, -0.05) is 19.3 Å². The van der Waals surface area contributed by atoms with Crippen LogP contribution in [0.3, 0.4) is 0 Å². The fourth-order valence-electron chi connectivity index (χ4n) is 4.26. The topological polar surface area (TPSA) is 78.9 Å². The summed E-state index contributed by atoms with van der Waals surface area (Å²) in [7, 11) is 0. The van der Waals surface area contributed by atoms with E-state index < -0.39 is 0 Å². The minimum Gasteiger partial charge on any atom is -0.508 e. The molecule has 1 amide bonds. The summed E-state index contributed by atoms with van der Waals surface area (Å²) in [5.41, 5.74) is 0.648. The second kappa shape index (κ2) is 11.3. The van der Waals surface area contributed by atoms with Gasteiger partial charge in [-0.2, -0.15) is 0 Å². The first-order valence-electron chi connectivity index (χ1n) is 11.1. The number of likely N-dealkylation sites (tertiary alicyclic amines) is 1. The number of Topliss-reactive ketones (excluding diaryl/α,β-unsaturated/α-hetero) is 1. The molecule has 3 rings (SSSR count). The summed E-state index contributed by atoms with van der Waals surface area (Å²) in [6.45, 7) is 3.28. The summed E-state index contributed by atoms with van der Waals surface area (Å²) in [4.78, 5) is 26.8. The number of hydrogen-bond acceptors (Lipinski definition) is 5. The Bertz CT molecular complexity index is 647. The Hall–Kier alpha value is -1.92. The molecule has 1 aliphatic carbocycles. The van der Waals surface area contributed by atoms with E-state index in [1.165, 1.54) is 32.1 Å². The van der Waals surface area contributed by atoms with E-state index in [0.29, 0.717) is 24.8 Å². The van der Waals surface area contributed by atoms with Gasteiger partial charge in [0.05, 0.1) is 12.6 Å². The van der Waals surface area contributed by atoms with Crippen molar-refractivity contribution in [3.63, 3.8) is 0 Å². The molecule has 29 heavy (non-hydrogen) atoms. The van der Waals surface area contributed by atoms with Crippen molar-refractivity contribution in [2.75, 3.05) is 32.8 Å². The first-order chi connectivity index (χ1) is 14.1. The van der Waals surface area contributed by atoms with Crippen molar-refractivity contribution < 1.29 is 19.4 Å². The van der Waals surface area contributed by atoms with E-state index >= 15 is 0 Å². The van der Waals surface area contributed by atoms with Crippen LogP contribution in [0.15, 0.2) is 24.3 Å². The van der Waals surface area contributed by atoms with Gasteiger partial charge in [0.15, 0.2) is 5.78 Å². The number of carbonyl (C=O) groups excluding carboxylic acids is 2. The highest BCUT2D eigenvalue weighted by Gasteiger charge is 2.26. The molecule has 1 aliphatic heterocycles. The molecule has 1 saturated heterocycles. The molecular formula is C23H34N2O4. The molecule has 0 atom stereocenters. The number of carbonyl (C=O) groups is 2. The van der Waals surface area contributed by atoms with Crippen molar-refractivity contribution in [3.8, 4) is 5.75 Å². The van der Waals surface area contributed by atoms with E-state index in [4.69, 9.17) is 4.74 Å². The summed E-state index contributed by atoms with van der Waals surface area (Å²) in [5.74, 6) is 0.344. The molecule has 0 radical (unpaired) electrons. The number of ketones is 1. The maximum atomic E-state index is 12.6. The number of phenolic OH excluding ortho intramolecular Hbond substituents is 1. The molecule has 2 fully saturated rings. The van der Waals surface area contributed by atoms with E-state index in [2.05, 4.69) is 10.2 Å². The quantitative estimate of drug-likeness (QED) is 0.490. The van der Waals surface area contributed by atoms with E-state index in [1.807, 2.05) is 0 Å². The number of nitrogens with zero attached hydrogens (tertiary/aromatic N) is 1. The van der Waals surface area contributed by atoms with Crippen LogP contribution in [-0.2, 0) is 9.53 Å². The molecule has 1 heterocycles. The van der Waals surface area contributed by atoms with E-state index in [9.17, 15) is 14.7 Å². The van der Waals surface area contributed by atoms with Crippen LogP contribution >= 0.6 is 0 Å². The molecule has 1 aromatic rings. The lowest BCUT2D eigenvalue weighted by Crippen LogP contribution is -2.43. The summed E-state index contributed by atoms with van der Waals surface area (Å²) in [5, 5.41) is 12.3. The predicted octanol–water partition coefficient (Wildman–Crippen LogP) is 3.14. The molecule has 160 valence electrons. The Morgan fingerprint density at radius 2 is 1.72 bits per heavy atom. The van der Waals surface area contributed by atoms with Crippen LogP contribution < -0.4 is 5.32 Å². The summed E-state index contributed by atoms with van der Waals surface area (Å²) in [6.07, 6.45) is 9.05. The zero-order valence-corrected chi connectivity index (χ0v) is 17.3. The average molecular weight is 403 g/mol. The van der Waals surface area contributed by atoms with Gasteiger partial charge in [0.2, 0.25) is 5.91 Å². The van der Waals surface area contributed by atoms with Crippen LogP contribution in [0, 0.1) is 5.92 Å². The SMILES string of the molecule is O=C(CN1CCC(C(=O)c2ccc(O)cc2)CC1)NCCCOC1CCCCC1. The number of phenols is 1. The molecule has 2 N–H and O–H groups in total. The minimum absolute atomic E-state index is 0.00390.